The van der Waals surface area contributed by atoms with Crippen LogP contribution < -0.4 is 14.4 Å². The Morgan fingerprint density at radius 2 is 1.66 bits per heavy atom. The third-order valence-corrected chi connectivity index (χ3v) is 7.72. The smallest absolute Gasteiger partial charge is 0.416 e. The van der Waals surface area contributed by atoms with Gasteiger partial charge in [-0.2, -0.15) is 13.2 Å². The van der Waals surface area contributed by atoms with Crippen LogP contribution in [0.3, 0.4) is 0 Å². The number of halogens is 5. The Labute approximate surface area is 227 Å². The topological polar surface area (TPSA) is 78.9 Å². The molecule has 1 heterocycles. The molecule has 0 radical (unpaired) electrons. The lowest BCUT2D eigenvalue weighted by Gasteiger charge is -2.36. The highest BCUT2D eigenvalue weighted by Crippen LogP contribution is 2.32. The van der Waals surface area contributed by atoms with Gasteiger partial charge in [0.05, 0.1) is 15.5 Å². The zero-order chi connectivity index (χ0) is 27.5. The first-order chi connectivity index (χ1) is 17.9. The Bertz CT molecular complexity index is 1430. The molecule has 0 bridgehead atoms. The lowest BCUT2D eigenvalue weighted by molar-refractivity contribution is -0.137. The molecular formula is C25H22Cl2F3N3O4S. The van der Waals surface area contributed by atoms with Crippen LogP contribution in [-0.4, -0.2) is 52.0 Å². The third kappa shape index (κ3) is 6.83. The first-order valence-corrected chi connectivity index (χ1v) is 13.6. The van der Waals surface area contributed by atoms with E-state index in [1.165, 1.54) is 18.2 Å². The number of anilines is 2. The standard InChI is InChI=1S/C25H22Cl2F3N3O4S/c26-18-4-2-6-20(14-18)32-9-11-33(12-10-32)24(34)16-37-23-8-7-21(15-22(23)27)38(35,36)31-19-5-1-3-17(13-19)25(28,29)30/h1-8,13-15,31H,9-12,16H2. The molecule has 0 spiro atoms. The fraction of sp³-hybridized carbons (Fsp3) is 0.240. The number of alkyl halides is 3. The van der Waals surface area contributed by atoms with Crippen molar-refractivity contribution in [2.75, 3.05) is 42.4 Å². The Morgan fingerprint density at radius 1 is 0.947 bits per heavy atom. The van der Waals surface area contributed by atoms with Gasteiger partial charge in [0.1, 0.15) is 5.75 Å². The van der Waals surface area contributed by atoms with Crippen LogP contribution in [0.5, 0.6) is 5.75 Å². The van der Waals surface area contributed by atoms with E-state index in [9.17, 15) is 26.4 Å². The average Bonchev–Trinajstić information content (AvgIpc) is 2.87. The van der Waals surface area contributed by atoms with Gasteiger partial charge in [0.2, 0.25) is 0 Å². The number of carbonyl (C=O) groups excluding carboxylic acids is 1. The Kier molecular flexibility index (Phi) is 8.29. The Balaban J connectivity index is 1.34. The Hall–Kier alpha value is -3.15. The van der Waals surface area contributed by atoms with E-state index in [4.69, 9.17) is 27.9 Å². The van der Waals surface area contributed by atoms with E-state index in [0.29, 0.717) is 37.3 Å². The van der Waals surface area contributed by atoms with Crippen molar-refractivity contribution in [2.45, 2.75) is 11.1 Å². The first kappa shape index (κ1) is 27.9. The minimum Gasteiger partial charge on any atom is -0.482 e. The minimum absolute atomic E-state index is 0.0736. The van der Waals surface area contributed by atoms with Gasteiger partial charge in [-0.15, -0.1) is 0 Å². The maximum atomic E-state index is 12.9. The van der Waals surface area contributed by atoms with E-state index >= 15 is 0 Å². The van der Waals surface area contributed by atoms with Gasteiger partial charge in [-0.25, -0.2) is 8.42 Å². The van der Waals surface area contributed by atoms with Crippen LogP contribution in [-0.2, 0) is 21.0 Å². The molecule has 3 aromatic rings. The molecule has 0 saturated carbocycles. The molecule has 3 aromatic carbocycles. The average molecular weight is 588 g/mol. The molecule has 4 rings (SSSR count). The van der Waals surface area contributed by atoms with Crippen molar-refractivity contribution in [3.63, 3.8) is 0 Å². The van der Waals surface area contributed by atoms with E-state index in [1.807, 2.05) is 18.2 Å². The maximum absolute atomic E-state index is 12.9. The number of benzene rings is 3. The number of hydrogen-bond donors (Lipinski definition) is 1. The Morgan fingerprint density at radius 3 is 2.32 bits per heavy atom. The van der Waals surface area contributed by atoms with Crippen molar-refractivity contribution in [1.29, 1.82) is 0 Å². The van der Waals surface area contributed by atoms with Crippen LogP contribution in [0.15, 0.2) is 71.6 Å². The van der Waals surface area contributed by atoms with Gasteiger partial charge in [-0.05, 0) is 54.6 Å². The first-order valence-electron chi connectivity index (χ1n) is 11.3. The summed E-state index contributed by atoms with van der Waals surface area (Å²) in [6.45, 7) is 1.92. The SMILES string of the molecule is O=C(COc1ccc(S(=O)(=O)Nc2cccc(C(F)(F)F)c2)cc1Cl)N1CCN(c2cccc(Cl)c2)CC1. The van der Waals surface area contributed by atoms with Gasteiger partial charge in [0.25, 0.3) is 15.9 Å². The van der Waals surface area contributed by atoms with Crippen molar-refractivity contribution in [2.24, 2.45) is 0 Å². The molecule has 0 aliphatic carbocycles. The largest absolute Gasteiger partial charge is 0.482 e. The molecule has 0 aromatic heterocycles. The van der Waals surface area contributed by atoms with Gasteiger partial charge < -0.3 is 14.5 Å². The summed E-state index contributed by atoms with van der Waals surface area (Å²) in [7, 11) is -4.24. The summed E-state index contributed by atoms with van der Waals surface area (Å²) in [6, 6.07) is 14.9. The van der Waals surface area contributed by atoms with Gasteiger partial charge >= 0.3 is 6.18 Å². The number of piperazine rings is 1. The molecule has 1 amide bonds. The van der Waals surface area contributed by atoms with Crippen molar-refractivity contribution in [3.8, 4) is 5.75 Å². The fourth-order valence-corrected chi connectivity index (χ4v) is 5.42. The summed E-state index contributed by atoms with van der Waals surface area (Å²) in [6.07, 6.45) is -4.62. The lowest BCUT2D eigenvalue weighted by atomic mass is 10.2. The number of hydrogen-bond acceptors (Lipinski definition) is 5. The van der Waals surface area contributed by atoms with Crippen molar-refractivity contribution < 1.29 is 31.1 Å². The number of nitrogens with zero attached hydrogens (tertiary/aromatic N) is 2. The molecule has 1 fully saturated rings. The van der Waals surface area contributed by atoms with E-state index in [-0.39, 0.29) is 33.9 Å². The second-order valence-electron chi connectivity index (χ2n) is 8.41. The normalized spacial score (nSPS) is 14.3. The van der Waals surface area contributed by atoms with Crippen LogP contribution in [0.4, 0.5) is 24.5 Å². The van der Waals surface area contributed by atoms with Gasteiger partial charge in [-0.1, -0.05) is 35.3 Å². The lowest BCUT2D eigenvalue weighted by Crippen LogP contribution is -2.50. The van der Waals surface area contributed by atoms with Gasteiger partial charge in [-0.3, -0.25) is 9.52 Å². The second-order valence-corrected chi connectivity index (χ2v) is 10.9. The zero-order valence-corrected chi connectivity index (χ0v) is 22.0. The number of amides is 1. The highest BCUT2D eigenvalue weighted by molar-refractivity contribution is 7.92. The van der Waals surface area contributed by atoms with Crippen LogP contribution in [0.1, 0.15) is 5.56 Å². The minimum atomic E-state index is -4.62. The third-order valence-electron chi connectivity index (χ3n) is 5.81. The number of nitrogens with one attached hydrogen (secondary N) is 1. The molecule has 38 heavy (non-hydrogen) atoms. The zero-order valence-electron chi connectivity index (χ0n) is 19.7. The van der Waals surface area contributed by atoms with Crippen LogP contribution in [0.2, 0.25) is 10.0 Å². The fourth-order valence-electron chi connectivity index (χ4n) is 3.86. The molecule has 13 heteroatoms. The summed E-state index contributed by atoms with van der Waals surface area (Å²) in [5, 5.41) is 0.562. The number of carbonyl (C=O) groups is 1. The van der Waals surface area contributed by atoms with E-state index in [2.05, 4.69) is 9.62 Å². The number of ether oxygens (including phenoxy) is 1. The van der Waals surface area contributed by atoms with Gasteiger partial charge in [0.15, 0.2) is 6.61 Å². The van der Waals surface area contributed by atoms with Crippen molar-refractivity contribution in [1.82, 2.24) is 4.90 Å². The quantitative estimate of drug-likeness (QED) is 0.392. The second kappa shape index (κ2) is 11.3. The van der Waals surface area contributed by atoms with Crippen molar-refractivity contribution >= 4 is 50.5 Å². The number of rotatable bonds is 7. The predicted octanol–water partition coefficient (Wildman–Crippen LogP) is 5.54. The van der Waals surface area contributed by atoms with E-state index in [1.54, 1.807) is 11.0 Å². The van der Waals surface area contributed by atoms with Crippen LogP contribution in [0, 0.1) is 0 Å². The molecule has 1 aliphatic heterocycles. The molecule has 0 atom stereocenters. The highest BCUT2D eigenvalue weighted by atomic mass is 35.5. The molecule has 1 saturated heterocycles. The molecule has 202 valence electrons. The highest BCUT2D eigenvalue weighted by Gasteiger charge is 2.31. The predicted molar refractivity (Wildman–Crippen MR) is 139 cm³/mol. The van der Waals surface area contributed by atoms with E-state index in [0.717, 1.165) is 23.9 Å². The maximum Gasteiger partial charge on any atom is 0.416 e. The summed E-state index contributed by atoms with van der Waals surface area (Å²) < 4.78 is 71.8. The summed E-state index contributed by atoms with van der Waals surface area (Å²) in [4.78, 5) is 16.1. The molecular weight excluding hydrogens is 566 g/mol. The summed E-state index contributed by atoms with van der Waals surface area (Å²) in [5.41, 5.74) is -0.266. The van der Waals surface area contributed by atoms with Crippen LogP contribution >= 0.6 is 23.2 Å². The summed E-state index contributed by atoms with van der Waals surface area (Å²) in [5.74, 6) is -0.162. The van der Waals surface area contributed by atoms with Crippen LogP contribution in [0.25, 0.3) is 0 Å². The van der Waals surface area contributed by atoms with E-state index < -0.39 is 21.8 Å². The molecule has 7 nitrogen and oxygen atoms in total. The van der Waals surface area contributed by atoms with Gasteiger partial charge in [0, 0.05) is 42.6 Å². The molecule has 0 unspecified atom stereocenters. The molecule has 1 N–H and O–H groups in total. The monoisotopic (exact) mass is 587 g/mol. The summed E-state index contributed by atoms with van der Waals surface area (Å²) >= 11 is 12.2. The number of sulfonamides is 1. The van der Waals surface area contributed by atoms with Crippen molar-refractivity contribution in [3.05, 3.63) is 82.3 Å². The molecule has 1 aliphatic rings.